The molecule has 88 valence electrons. The van der Waals surface area contributed by atoms with Gasteiger partial charge in [0.15, 0.2) is 0 Å². The Kier molecular flexibility index (Phi) is 3.29. The Morgan fingerprint density at radius 3 is 2.88 bits per heavy atom. The van der Waals surface area contributed by atoms with Gasteiger partial charge in [-0.3, -0.25) is 0 Å². The zero-order valence-corrected chi connectivity index (χ0v) is 10.1. The minimum Gasteiger partial charge on any atom is -0.311 e. The van der Waals surface area contributed by atoms with Crippen LogP contribution in [0.5, 0.6) is 0 Å². The number of nitrogens with one attached hydrogen (secondary N) is 1. The Morgan fingerprint density at radius 1 is 1.44 bits per heavy atom. The summed E-state index contributed by atoms with van der Waals surface area (Å²) in [6.45, 7) is 5.38. The summed E-state index contributed by atoms with van der Waals surface area (Å²) >= 11 is 0. The molecule has 1 nitrogen and oxygen atoms in total. The number of aryl methyl sites for hydroxylation is 1. The maximum atomic E-state index is 13.2. The van der Waals surface area contributed by atoms with E-state index in [1.54, 1.807) is 12.1 Å². The molecular weight excluding hydrogens is 201 g/mol. The third-order valence-electron chi connectivity index (χ3n) is 3.85. The normalized spacial score (nSPS) is 24.9. The molecule has 1 N–H and O–H groups in total. The summed E-state index contributed by atoms with van der Waals surface area (Å²) in [5.41, 5.74) is 2.55. The molecule has 1 heterocycles. The molecule has 1 atom stereocenters. The standard InChI is InChI=1S/C14H20FN/c1-3-14(7-4-8-16-14)10-12-9-13(15)6-5-11(12)2/h5-6,9,16H,3-4,7-8,10H2,1-2H3. The monoisotopic (exact) mass is 221 g/mol. The molecule has 2 rings (SSSR count). The zero-order valence-electron chi connectivity index (χ0n) is 10.1. The van der Waals surface area contributed by atoms with Gasteiger partial charge in [-0.1, -0.05) is 13.0 Å². The molecule has 1 unspecified atom stereocenters. The predicted molar refractivity (Wildman–Crippen MR) is 65.1 cm³/mol. The zero-order chi connectivity index (χ0) is 11.6. The van der Waals surface area contributed by atoms with Crippen LogP contribution in [-0.4, -0.2) is 12.1 Å². The fourth-order valence-corrected chi connectivity index (χ4v) is 2.64. The topological polar surface area (TPSA) is 12.0 Å². The van der Waals surface area contributed by atoms with Gasteiger partial charge >= 0.3 is 0 Å². The van der Waals surface area contributed by atoms with E-state index in [9.17, 15) is 4.39 Å². The summed E-state index contributed by atoms with van der Waals surface area (Å²) in [7, 11) is 0. The number of rotatable bonds is 3. The second kappa shape index (κ2) is 4.54. The van der Waals surface area contributed by atoms with E-state index in [4.69, 9.17) is 0 Å². The molecule has 1 aliphatic heterocycles. The van der Waals surface area contributed by atoms with E-state index in [2.05, 4.69) is 19.2 Å². The summed E-state index contributed by atoms with van der Waals surface area (Å²) in [4.78, 5) is 0. The molecule has 0 saturated carbocycles. The Labute approximate surface area is 97.1 Å². The van der Waals surface area contributed by atoms with E-state index >= 15 is 0 Å². The Hall–Kier alpha value is -0.890. The lowest BCUT2D eigenvalue weighted by Gasteiger charge is -2.29. The summed E-state index contributed by atoms with van der Waals surface area (Å²) in [6, 6.07) is 5.11. The molecule has 1 fully saturated rings. The van der Waals surface area contributed by atoms with Crippen molar-refractivity contribution >= 4 is 0 Å². The highest BCUT2D eigenvalue weighted by molar-refractivity contribution is 5.28. The smallest absolute Gasteiger partial charge is 0.123 e. The molecule has 0 radical (unpaired) electrons. The van der Waals surface area contributed by atoms with E-state index in [-0.39, 0.29) is 11.4 Å². The number of halogens is 1. The maximum Gasteiger partial charge on any atom is 0.123 e. The van der Waals surface area contributed by atoms with Crippen molar-refractivity contribution in [2.75, 3.05) is 6.54 Å². The quantitative estimate of drug-likeness (QED) is 0.826. The van der Waals surface area contributed by atoms with E-state index in [0.29, 0.717) is 0 Å². The average Bonchev–Trinajstić information content (AvgIpc) is 2.73. The minimum atomic E-state index is -0.121. The molecule has 1 aromatic rings. The van der Waals surface area contributed by atoms with Crippen molar-refractivity contribution in [3.05, 3.63) is 35.1 Å². The van der Waals surface area contributed by atoms with Crippen LogP contribution in [0.4, 0.5) is 4.39 Å². The van der Waals surface area contributed by atoms with Gasteiger partial charge in [-0.05, 0) is 62.4 Å². The SMILES string of the molecule is CCC1(Cc2cc(F)ccc2C)CCCN1. The van der Waals surface area contributed by atoms with E-state index in [1.807, 2.05) is 6.07 Å². The van der Waals surface area contributed by atoms with Crippen LogP contribution in [-0.2, 0) is 6.42 Å². The molecule has 1 aliphatic rings. The van der Waals surface area contributed by atoms with Crippen LogP contribution >= 0.6 is 0 Å². The highest BCUT2D eigenvalue weighted by atomic mass is 19.1. The van der Waals surface area contributed by atoms with Crippen molar-refractivity contribution in [2.24, 2.45) is 0 Å². The van der Waals surface area contributed by atoms with E-state index in [0.717, 1.165) is 24.9 Å². The second-order valence-corrected chi connectivity index (χ2v) is 4.91. The Bertz CT molecular complexity index is 367. The van der Waals surface area contributed by atoms with Crippen molar-refractivity contribution in [1.29, 1.82) is 0 Å². The van der Waals surface area contributed by atoms with Gasteiger partial charge in [0.2, 0.25) is 0 Å². The van der Waals surface area contributed by atoms with Crippen molar-refractivity contribution in [3.8, 4) is 0 Å². The van der Waals surface area contributed by atoms with Crippen LogP contribution in [0.3, 0.4) is 0 Å². The average molecular weight is 221 g/mol. The molecule has 1 saturated heterocycles. The molecule has 2 heteroatoms. The highest BCUT2D eigenvalue weighted by Gasteiger charge is 2.31. The van der Waals surface area contributed by atoms with Crippen LogP contribution in [0.25, 0.3) is 0 Å². The first-order valence-electron chi connectivity index (χ1n) is 6.15. The molecule has 1 aromatic carbocycles. The van der Waals surface area contributed by atoms with Crippen LogP contribution in [0.1, 0.15) is 37.3 Å². The molecule has 0 aromatic heterocycles. The Balaban J connectivity index is 2.21. The maximum absolute atomic E-state index is 13.2. The largest absolute Gasteiger partial charge is 0.311 e. The van der Waals surface area contributed by atoms with Gasteiger partial charge in [-0.15, -0.1) is 0 Å². The molecule has 0 bridgehead atoms. The van der Waals surface area contributed by atoms with Crippen LogP contribution in [0.2, 0.25) is 0 Å². The predicted octanol–water partition coefficient (Wildman–Crippen LogP) is 3.21. The van der Waals surface area contributed by atoms with Crippen molar-refractivity contribution in [2.45, 2.75) is 45.1 Å². The molecular formula is C14H20FN. The molecule has 0 amide bonds. The van der Waals surface area contributed by atoms with Crippen LogP contribution in [0.15, 0.2) is 18.2 Å². The Morgan fingerprint density at radius 2 is 2.25 bits per heavy atom. The first-order chi connectivity index (χ1) is 7.65. The van der Waals surface area contributed by atoms with Gasteiger partial charge in [-0.25, -0.2) is 4.39 Å². The number of hydrogen-bond donors (Lipinski definition) is 1. The summed E-state index contributed by atoms with van der Waals surface area (Å²) in [5, 5.41) is 3.59. The summed E-state index contributed by atoms with van der Waals surface area (Å²) in [5.74, 6) is -0.121. The third-order valence-corrected chi connectivity index (χ3v) is 3.85. The molecule has 0 spiro atoms. The lowest BCUT2D eigenvalue weighted by Crippen LogP contribution is -2.41. The van der Waals surface area contributed by atoms with Crippen molar-refractivity contribution in [1.82, 2.24) is 5.32 Å². The first-order valence-corrected chi connectivity index (χ1v) is 6.15. The van der Waals surface area contributed by atoms with E-state index < -0.39 is 0 Å². The first kappa shape index (κ1) is 11.6. The van der Waals surface area contributed by atoms with Crippen LogP contribution < -0.4 is 5.32 Å². The van der Waals surface area contributed by atoms with Crippen molar-refractivity contribution in [3.63, 3.8) is 0 Å². The highest BCUT2D eigenvalue weighted by Crippen LogP contribution is 2.28. The minimum absolute atomic E-state index is 0.121. The van der Waals surface area contributed by atoms with Gasteiger partial charge in [0.05, 0.1) is 0 Å². The van der Waals surface area contributed by atoms with Gasteiger partial charge < -0.3 is 5.32 Å². The lowest BCUT2D eigenvalue weighted by atomic mass is 9.85. The fourth-order valence-electron chi connectivity index (χ4n) is 2.64. The van der Waals surface area contributed by atoms with Gasteiger partial charge in [0.25, 0.3) is 0 Å². The molecule has 0 aliphatic carbocycles. The van der Waals surface area contributed by atoms with Gasteiger partial charge in [0, 0.05) is 5.54 Å². The number of benzene rings is 1. The summed E-state index contributed by atoms with van der Waals surface area (Å²) < 4.78 is 13.2. The van der Waals surface area contributed by atoms with Crippen LogP contribution in [0, 0.1) is 12.7 Å². The van der Waals surface area contributed by atoms with Gasteiger partial charge in [0.1, 0.15) is 5.82 Å². The number of hydrogen-bond acceptors (Lipinski definition) is 1. The third kappa shape index (κ3) is 2.27. The molecule has 16 heavy (non-hydrogen) atoms. The van der Waals surface area contributed by atoms with Crippen molar-refractivity contribution < 1.29 is 4.39 Å². The fraction of sp³-hybridized carbons (Fsp3) is 0.571. The second-order valence-electron chi connectivity index (χ2n) is 4.91. The van der Waals surface area contributed by atoms with Gasteiger partial charge in [-0.2, -0.15) is 0 Å². The lowest BCUT2D eigenvalue weighted by molar-refractivity contribution is 0.359. The van der Waals surface area contributed by atoms with E-state index in [1.165, 1.54) is 18.4 Å². The summed E-state index contributed by atoms with van der Waals surface area (Å²) in [6.07, 6.45) is 4.51.